The maximum absolute atomic E-state index is 11.8. The lowest BCUT2D eigenvalue weighted by atomic mass is 10.0. The smallest absolute Gasteiger partial charge is 0.115 e. The number of ether oxygens (including phenoxy) is 3. The van der Waals surface area contributed by atoms with E-state index in [0.717, 1.165) is 16.7 Å². The largest absolute Gasteiger partial charge is 0.391 e. The Balaban J connectivity index is 1.56. The summed E-state index contributed by atoms with van der Waals surface area (Å²) in [6.45, 7) is 5.48. The Morgan fingerprint density at radius 2 is 0.927 bits per heavy atom. The van der Waals surface area contributed by atoms with E-state index in [9.17, 15) is 10.2 Å². The van der Waals surface area contributed by atoms with E-state index < -0.39 is 32.5 Å². The summed E-state index contributed by atoms with van der Waals surface area (Å²) in [6, 6.07) is 40.5. The van der Waals surface area contributed by atoms with Gasteiger partial charge in [0.2, 0.25) is 0 Å². The molecule has 4 aromatic rings. The molecule has 0 bridgehead atoms. The first-order chi connectivity index (χ1) is 19.9. The molecule has 41 heavy (non-hydrogen) atoms. The summed E-state index contributed by atoms with van der Waals surface area (Å²) in [6.07, 6.45) is -3.46. The molecule has 0 saturated carbocycles. The van der Waals surface area contributed by atoms with Crippen LogP contribution in [0.4, 0.5) is 0 Å². The van der Waals surface area contributed by atoms with Crippen molar-refractivity contribution in [2.75, 3.05) is 6.61 Å². The lowest BCUT2D eigenvalue weighted by Gasteiger charge is -2.36. The molecule has 0 aliphatic rings. The Morgan fingerprint density at radius 3 is 1.39 bits per heavy atom. The average Bonchev–Trinajstić information content (AvgIpc) is 3.00. The van der Waals surface area contributed by atoms with Gasteiger partial charge in [0, 0.05) is 0 Å². The highest BCUT2D eigenvalue weighted by Gasteiger charge is 2.39. The molecule has 0 radical (unpaired) electrons. The second-order valence-corrected chi connectivity index (χ2v) is 15.9. The molecule has 0 heterocycles. The maximum Gasteiger partial charge on any atom is 0.115 e. The monoisotopic (exact) mass is 570 g/mol. The molecule has 0 aromatic heterocycles. The van der Waals surface area contributed by atoms with Crippen LogP contribution in [0.25, 0.3) is 0 Å². The lowest BCUT2D eigenvalue weighted by molar-refractivity contribution is -0.173. The molecule has 0 aliphatic heterocycles. The SMILES string of the molecule is C[Si](C)(C[C@@H](O)[C@H](OCc1ccccc1)[C@@H](OCc1ccccc1)[C@@H](O)COCc1ccccc1)c1ccccc1. The van der Waals surface area contributed by atoms with E-state index in [1.807, 2.05) is 109 Å². The highest BCUT2D eigenvalue weighted by atomic mass is 28.3. The molecular weight excluding hydrogens is 528 g/mol. The van der Waals surface area contributed by atoms with E-state index in [0.29, 0.717) is 19.3 Å². The molecular formula is C35H42O5Si. The molecule has 0 amide bonds. The average molecular weight is 571 g/mol. The Kier molecular flexibility index (Phi) is 11.9. The van der Waals surface area contributed by atoms with Gasteiger partial charge >= 0.3 is 0 Å². The normalized spacial score (nSPS) is 14.7. The number of aliphatic hydroxyl groups excluding tert-OH is 2. The fourth-order valence-electron chi connectivity index (χ4n) is 5.00. The van der Waals surface area contributed by atoms with Crippen molar-refractivity contribution >= 4 is 13.3 Å². The molecule has 0 unspecified atom stereocenters. The van der Waals surface area contributed by atoms with E-state index in [-0.39, 0.29) is 13.2 Å². The summed E-state index contributed by atoms with van der Waals surface area (Å²) in [5.41, 5.74) is 2.99. The Hall–Kier alpha value is -3.10. The zero-order chi connectivity index (χ0) is 28.9. The quantitative estimate of drug-likeness (QED) is 0.169. The number of benzene rings is 4. The molecule has 216 valence electrons. The Bertz CT molecular complexity index is 1260. The fraction of sp³-hybridized carbons (Fsp3) is 0.314. The van der Waals surface area contributed by atoms with Gasteiger partial charge in [-0.25, -0.2) is 0 Å². The molecule has 0 aliphatic carbocycles. The van der Waals surface area contributed by atoms with Crippen molar-refractivity contribution in [3.05, 3.63) is 138 Å². The van der Waals surface area contributed by atoms with E-state index in [2.05, 4.69) is 25.2 Å². The van der Waals surface area contributed by atoms with Crippen molar-refractivity contribution in [2.45, 2.75) is 63.4 Å². The zero-order valence-corrected chi connectivity index (χ0v) is 25.0. The highest BCUT2D eigenvalue weighted by Crippen LogP contribution is 2.24. The third kappa shape index (κ3) is 9.75. The van der Waals surface area contributed by atoms with Crippen LogP contribution in [0.15, 0.2) is 121 Å². The number of hydrogen-bond acceptors (Lipinski definition) is 5. The Labute approximate surface area is 245 Å². The maximum atomic E-state index is 11.8. The van der Waals surface area contributed by atoms with Gasteiger partial charge in [0.1, 0.15) is 18.3 Å². The topological polar surface area (TPSA) is 68.2 Å². The van der Waals surface area contributed by atoms with E-state index in [4.69, 9.17) is 14.2 Å². The molecule has 4 rings (SSSR count). The second kappa shape index (κ2) is 15.8. The molecule has 6 heteroatoms. The van der Waals surface area contributed by atoms with Gasteiger partial charge in [0.15, 0.2) is 0 Å². The predicted molar refractivity (Wildman–Crippen MR) is 167 cm³/mol. The van der Waals surface area contributed by atoms with Gasteiger partial charge in [0.25, 0.3) is 0 Å². The molecule has 0 spiro atoms. The van der Waals surface area contributed by atoms with Crippen molar-refractivity contribution in [1.29, 1.82) is 0 Å². The van der Waals surface area contributed by atoms with Crippen LogP contribution in [-0.4, -0.2) is 49.3 Å². The first kappa shape index (κ1) is 30.8. The van der Waals surface area contributed by atoms with Gasteiger partial charge < -0.3 is 24.4 Å². The second-order valence-electron chi connectivity index (χ2n) is 11.1. The molecule has 4 atom stereocenters. The minimum Gasteiger partial charge on any atom is -0.391 e. The first-order valence-electron chi connectivity index (χ1n) is 14.3. The molecule has 5 nitrogen and oxygen atoms in total. The highest BCUT2D eigenvalue weighted by molar-refractivity contribution is 6.89. The van der Waals surface area contributed by atoms with Gasteiger partial charge in [0.05, 0.1) is 40.6 Å². The van der Waals surface area contributed by atoms with Gasteiger partial charge in [-0.2, -0.15) is 0 Å². The van der Waals surface area contributed by atoms with Crippen LogP contribution in [-0.2, 0) is 34.0 Å². The van der Waals surface area contributed by atoms with E-state index in [1.165, 1.54) is 5.19 Å². The summed E-state index contributed by atoms with van der Waals surface area (Å²) in [7, 11) is -2.05. The first-order valence-corrected chi connectivity index (χ1v) is 17.5. The summed E-state index contributed by atoms with van der Waals surface area (Å²) in [5.74, 6) is 0. The minimum absolute atomic E-state index is 0.0474. The summed E-state index contributed by atoms with van der Waals surface area (Å²) >= 11 is 0. The van der Waals surface area contributed by atoms with Crippen molar-refractivity contribution in [3.8, 4) is 0 Å². The minimum atomic E-state index is -2.05. The van der Waals surface area contributed by atoms with Crippen molar-refractivity contribution in [2.24, 2.45) is 0 Å². The van der Waals surface area contributed by atoms with Crippen molar-refractivity contribution in [3.63, 3.8) is 0 Å². The van der Waals surface area contributed by atoms with Crippen LogP contribution in [0.2, 0.25) is 19.1 Å². The van der Waals surface area contributed by atoms with Crippen LogP contribution >= 0.6 is 0 Å². The summed E-state index contributed by atoms with van der Waals surface area (Å²) in [5, 5.41) is 24.5. The molecule has 0 saturated heterocycles. The number of aliphatic hydroxyl groups is 2. The van der Waals surface area contributed by atoms with Crippen molar-refractivity contribution in [1.82, 2.24) is 0 Å². The van der Waals surface area contributed by atoms with E-state index >= 15 is 0 Å². The van der Waals surface area contributed by atoms with Gasteiger partial charge in [-0.3, -0.25) is 0 Å². The molecule has 2 N–H and O–H groups in total. The molecule has 4 aromatic carbocycles. The summed E-state index contributed by atoms with van der Waals surface area (Å²) in [4.78, 5) is 0. The van der Waals surface area contributed by atoms with Crippen LogP contribution < -0.4 is 5.19 Å². The molecule has 0 fully saturated rings. The number of hydrogen-bond donors (Lipinski definition) is 2. The van der Waals surface area contributed by atoms with Gasteiger partial charge in [-0.05, 0) is 22.7 Å². The van der Waals surface area contributed by atoms with Crippen LogP contribution in [0.3, 0.4) is 0 Å². The Morgan fingerprint density at radius 1 is 0.537 bits per heavy atom. The third-order valence-corrected chi connectivity index (χ3v) is 10.7. The standard InChI is InChI=1S/C35H42O5Si/c1-41(2,31-21-13-6-14-22-31)27-33(37)35(40-25-30-19-11-5-12-20-30)34(39-24-29-17-9-4-10-18-29)32(36)26-38-23-28-15-7-3-8-16-28/h3-22,32-37H,23-27H2,1-2H3/t32-,33+,34-,35-/m0/s1. The van der Waals surface area contributed by atoms with Crippen LogP contribution in [0.5, 0.6) is 0 Å². The van der Waals surface area contributed by atoms with Gasteiger partial charge in [-0.1, -0.05) is 140 Å². The van der Waals surface area contributed by atoms with Crippen molar-refractivity contribution < 1.29 is 24.4 Å². The predicted octanol–water partition coefficient (Wildman–Crippen LogP) is 5.71. The van der Waals surface area contributed by atoms with Gasteiger partial charge in [-0.15, -0.1) is 0 Å². The third-order valence-electron chi connectivity index (χ3n) is 7.33. The summed E-state index contributed by atoms with van der Waals surface area (Å²) < 4.78 is 18.7. The number of rotatable bonds is 16. The van der Waals surface area contributed by atoms with E-state index in [1.54, 1.807) is 0 Å². The van der Waals surface area contributed by atoms with Crippen LogP contribution in [0.1, 0.15) is 16.7 Å². The fourth-order valence-corrected chi connectivity index (χ4v) is 7.60. The zero-order valence-electron chi connectivity index (χ0n) is 24.0. The van der Waals surface area contributed by atoms with Crippen LogP contribution in [0, 0.1) is 0 Å². The lowest BCUT2D eigenvalue weighted by Crippen LogP contribution is -2.53.